The minimum atomic E-state index is 0. The summed E-state index contributed by atoms with van der Waals surface area (Å²) >= 11 is 0. The number of nitrogens with zero attached hydrogens (tertiary/aromatic N) is 1. The van der Waals surface area contributed by atoms with E-state index in [0.717, 1.165) is 35.2 Å². The van der Waals surface area contributed by atoms with Gasteiger partial charge in [-0.2, -0.15) is 0 Å². The molecule has 4 aliphatic rings. The highest BCUT2D eigenvalue weighted by molar-refractivity contribution is 14.0. The highest BCUT2D eigenvalue weighted by Gasteiger charge is 2.54. The van der Waals surface area contributed by atoms with Crippen molar-refractivity contribution in [2.24, 2.45) is 23.2 Å². The molecule has 0 aromatic rings. The summed E-state index contributed by atoms with van der Waals surface area (Å²) in [5, 5.41) is 0. The summed E-state index contributed by atoms with van der Waals surface area (Å²) < 4.78 is 0.915. The molecule has 4 fully saturated rings. The molecule has 110 valence electrons. The van der Waals surface area contributed by atoms with Crippen molar-refractivity contribution in [1.29, 1.82) is 0 Å². The maximum atomic E-state index is 12.7. The molecule has 0 spiro atoms. The first-order chi connectivity index (χ1) is 8.36. The fourth-order valence-electron chi connectivity index (χ4n) is 5.15. The lowest BCUT2D eigenvalue weighted by atomic mass is 9.48. The van der Waals surface area contributed by atoms with Crippen LogP contribution >= 0.6 is 24.0 Å². The Labute approximate surface area is 134 Å². The number of ketones is 1. The first kappa shape index (κ1) is 15.7. The Morgan fingerprint density at radius 1 is 1.00 bits per heavy atom. The van der Waals surface area contributed by atoms with Crippen LogP contribution in [0.2, 0.25) is 0 Å². The molecule has 2 nitrogen and oxygen atoms in total. The molecule has 0 radical (unpaired) electrons. The van der Waals surface area contributed by atoms with Gasteiger partial charge < -0.3 is 4.48 Å². The summed E-state index contributed by atoms with van der Waals surface area (Å²) in [5.41, 5.74) is 0.129. The Morgan fingerprint density at radius 2 is 1.42 bits per heavy atom. The molecule has 3 heteroatoms. The predicted octanol–water partition coefficient (Wildman–Crippen LogP) is 3.49. The first-order valence-corrected chi connectivity index (χ1v) is 7.70. The van der Waals surface area contributed by atoms with E-state index in [2.05, 4.69) is 21.1 Å². The zero-order valence-corrected chi connectivity index (χ0v) is 15.0. The zero-order valence-electron chi connectivity index (χ0n) is 12.7. The van der Waals surface area contributed by atoms with Gasteiger partial charge in [0, 0.05) is 5.41 Å². The van der Waals surface area contributed by atoms with Gasteiger partial charge >= 0.3 is 0 Å². The van der Waals surface area contributed by atoms with Gasteiger partial charge in [-0.25, -0.2) is 0 Å². The summed E-state index contributed by atoms with van der Waals surface area (Å²) in [4.78, 5) is 12.7. The molecule has 0 saturated heterocycles. The van der Waals surface area contributed by atoms with Gasteiger partial charge in [-0.05, 0) is 56.3 Å². The maximum Gasteiger partial charge on any atom is 0.144 e. The van der Waals surface area contributed by atoms with Crippen LogP contribution in [0, 0.1) is 23.2 Å². The van der Waals surface area contributed by atoms with Crippen molar-refractivity contribution in [2.45, 2.75) is 44.9 Å². The molecule has 0 aliphatic heterocycles. The average molecular weight is 378 g/mol. The molecule has 0 amide bonds. The monoisotopic (exact) mass is 378 g/mol. The first-order valence-electron chi connectivity index (χ1n) is 7.70. The van der Waals surface area contributed by atoms with Crippen LogP contribution in [0.15, 0.2) is 0 Å². The molecule has 4 bridgehead atoms. The van der Waals surface area contributed by atoms with Gasteiger partial charge in [0.2, 0.25) is 0 Å². The smallest absolute Gasteiger partial charge is 0.144 e. The van der Waals surface area contributed by atoms with E-state index in [4.69, 9.17) is 0 Å². The third kappa shape index (κ3) is 3.17. The number of quaternary nitrogens is 1. The van der Waals surface area contributed by atoms with Gasteiger partial charge in [-0.1, -0.05) is 0 Å². The van der Waals surface area contributed by atoms with Crippen LogP contribution in [-0.2, 0) is 4.79 Å². The van der Waals surface area contributed by atoms with Crippen molar-refractivity contribution in [3.05, 3.63) is 0 Å². The summed E-state index contributed by atoms with van der Waals surface area (Å²) in [6.07, 6.45) is 8.79. The minimum absolute atomic E-state index is 0. The Hall–Kier alpha value is 0.360. The van der Waals surface area contributed by atoms with Crippen molar-refractivity contribution in [2.75, 3.05) is 27.7 Å². The number of carbonyl (C=O) groups excluding carboxylic acids is 1. The number of halogens is 1. The summed E-state index contributed by atoms with van der Waals surface area (Å²) in [5.74, 6) is 3.28. The van der Waals surface area contributed by atoms with Crippen LogP contribution in [0.25, 0.3) is 0 Å². The van der Waals surface area contributed by atoms with E-state index in [1.807, 2.05) is 0 Å². The Balaban J connectivity index is 0.00000133. The van der Waals surface area contributed by atoms with E-state index in [9.17, 15) is 4.79 Å². The van der Waals surface area contributed by atoms with Crippen molar-refractivity contribution in [3.63, 3.8) is 0 Å². The number of hydrogen-bond donors (Lipinski definition) is 0. The van der Waals surface area contributed by atoms with Gasteiger partial charge in [0.05, 0.1) is 34.1 Å². The van der Waals surface area contributed by atoms with E-state index in [0.29, 0.717) is 5.78 Å². The van der Waals surface area contributed by atoms with E-state index >= 15 is 0 Å². The third-order valence-electron chi connectivity index (χ3n) is 5.64. The van der Waals surface area contributed by atoms with Crippen LogP contribution in [-0.4, -0.2) is 38.0 Å². The largest absolute Gasteiger partial charge is 0.331 e. The lowest BCUT2D eigenvalue weighted by Gasteiger charge is -2.56. The van der Waals surface area contributed by atoms with E-state index in [1.165, 1.54) is 38.5 Å². The summed E-state index contributed by atoms with van der Waals surface area (Å²) in [6, 6.07) is 0. The second-order valence-corrected chi connectivity index (χ2v) is 8.38. The molecule has 4 rings (SSSR count). The Bertz CT molecular complexity index is 323. The van der Waals surface area contributed by atoms with Crippen molar-refractivity contribution in [1.82, 2.24) is 0 Å². The molecular formula is C16H29INO+. The van der Waals surface area contributed by atoms with Crippen LogP contribution in [0.5, 0.6) is 0 Å². The molecular weight excluding hydrogens is 349 g/mol. The van der Waals surface area contributed by atoms with E-state index in [-0.39, 0.29) is 29.4 Å². The maximum absolute atomic E-state index is 12.7. The van der Waals surface area contributed by atoms with Crippen molar-refractivity contribution < 1.29 is 9.28 Å². The van der Waals surface area contributed by atoms with Crippen LogP contribution in [0.4, 0.5) is 0 Å². The zero-order chi connectivity index (χ0) is 13.0. The molecule has 0 aromatic heterocycles. The molecule has 4 aliphatic carbocycles. The van der Waals surface area contributed by atoms with Gasteiger partial charge in [-0.3, -0.25) is 4.79 Å². The van der Waals surface area contributed by atoms with Gasteiger partial charge in [0.25, 0.3) is 0 Å². The van der Waals surface area contributed by atoms with Crippen LogP contribution in [0.3, 0.4) is 0 Å². The van der Waals surface area contributed by atoms with Crippen LogP contribution < -0.4 is 0 Å². The summed E-state index contributed by atoms with van der Waals surface area (Å²) in [6.45, 7) is 1.00. The lowest BCUT2D eigenvalue weighted by Crippen LogP contribution is -2.51. The molecule has 4 saturated carbocycles. The number of Topliss-reactive ketones (excluding diaryl/α,β-unsaturated/α-hetero) is 1. The quantitative estimate of drug-likeness (QED) is 0.541. The fourth-order valence-corrected chi connectivity index (χ4v) is 5.15. The molecule has 0 heterocycles. The SMILES string of the molecule is C[N+](C)(C)CCC(=O)C12CC3CC(CC(C3)C1)C2.I. The lowest BCUT2D eigenvalue weighted by molar-refractivity contribution is -0.869. The third-order valence-corrected chi connectivity index (χ3v) is 5.64. The normalized spacial score (nSPS) is 40.1. The molecule has 0 aromatic carbocycles. The number of rotatable bonds is 4. The standard InChI is InChI=1S/C16H28NO.HI/c1-17(2,3)5-4-15(18)16-9-12-6-13(10-16)8-14(7-12)11-16;/h12-14H,4-11H2,1-3H3;1H/q+1;. The Kier molecular flexibility index (Phi) is 4.38. The molecule has 0 atom stereocenters. The second kappa shape index (κ2) is 5.28. The minimum Gasteiger partial charge on any atom is -0.331 e. The highest BCUT2D eigenvalue weighted by Crippen LogP contribution is 2.60. The molecule has 19 heavy (non-hydrogen) atoms. The van der Waals surface area contributed by atoms with Crippen molar-refractivity contribution in [3.8, 4) is 0 Å². The fraction of sp³-hybridized carbons (Fsp3) is 0.938. The number of hydrogen-bond acceptors (Lipinski definition) is 1. The van der Waals surface area contributed by atoms with Gasteiger partial charge in [0.15, 0.2) is 0 Å². The van der Waals surface area contributed by atoms with E-state index in [1.54, 1.807) is 0 Å². The van der Waals surface area contributed by atoms with Gasteiger partial charge in [0.1, 0.15) is 5.78 Å². The molecule has 0 unspecified atom stereocenters. The average Bonchev–Trinajstić information content (AvgIpc) is 2.22. The van der Waals surface area contributed by atoms with Gasteiger partial charge in [-0.15, -0.1) is 24.0 Å². The molecule has 0 N–H and O–H groups in total. The van der Waals surface area contributed by atoms with Crippen molar-refractivity contribution >= 4 is 29.8 Å². The topological polar surface area (TPSA) is 17.1 Å². The second-order valence-electron chi connectivity index (χ2n) is 8.38. The number of carbonyl (C=O) groups is 1. The predicted molar refractivity (Wildman–Crippen MR) is 88.5 cm³/mol. The van der Waals surface area contributed by atoms with E-state index < -0.39 is 0 Å². The summed E-state index contributed by atoms with van der Waals surface area (Å²) in [7, 11) is 6.56. The van der Waals surface area contributed by atoms with Crippen LogP contribution in [0.1, 0.15) is 44.9 Å². The Morgan fingerprint density at radius 3 is 1.79 bits per heavy atom. The highest BCUT2D eigenvalue weighted by atomic mass is 127.